The van der Waals surface area contributed by atoms with Crippen molar-refractivity contribution in [3.05, 3.63) is 0 Å². The van der Waals surface area contributed by atoms with Crippen LogP contribution in [0.15, 0.2) is 0 Å². The highest BCUT2D eigenvalue weighted by Gasteiger charge is 2.57. The second kappa shape index (κ2) is 24.7. The first-order valence-electron chi connectivity index (χ1n) is 22.0. The minimum Gasteiger partial charge on any atom is -0.457 e. The number of esters is 1. The molecule has 32 heteroatoms. The monoisotopic (exact) mass is 1030 g/mol. The van der Waals surface area contributed by atoms with E-state index in [9.17, 15) is 102 Å². The number of aliphatic hydroxyl groups is 19. The van der Waals surface area contributed by atoms with E-state index in [0.29, 0.717) is 0 Å². The molecule has 0 aliphatic carbocycles. The molecule has 19 N–H and O–H groups in total. The van der Waals surface area contributed by atoms with Crippen molar-refractivity contribution in [3.8, 4) is 0 Å². The zero-order chi connectivity index (χ0) is 51.6. The second-order valence-electron chi connectivity index (χ2n) is 17.3. The number of hydrogen-bond donors (Lipinski definition) is 19. The Bertz CT molecular complexity index is 1610. The minimum absolute atomic E-state index is 0.847. The van der Waals surface area contributed by atoms with Gasteiger partial charge in [-0.2, -0.15) is 0 Å². The van der Waals surface area contributed by atoms with E-state index >= 15 is 0 Å². The lowest BCUT2D eigenvalue weighted by atomic mass is 9.95. The van der Waals surface area contributed by atoms with Crippen LogP contribution in [0.5, 0.6) is 0 Å². The van der Waals surface area contributed by atoms with Gasteiger partial charge in [0.15, 0.2) is 43.8 Å². The molecule has 0 unspecified atom stereocenters. The lowest BCUT2D eigenvalue weighted by Crippen LogP contribution is -2.68. The van der Waals surface area contributed by atoms with E-state index in [-0.39, 0.29) is 0 Å². The summed E-state index contributed by atoms with van der Waals surface area (Å²) in [7, 11) is 0. The molecule has 6 saturated heterocycles. The highest BCUT2D eigenvalue weighted by atomic mass is 16.8. The first-order valence-corrected chi connectivity index (χ1v) is 22.0. The summed E-state index contributed by atoms with van der Waals surface area (Å²) in [5.41, 5.74) is 0. The Labute approximate surface area is 395 Å². The van der Waals surface area contributed by atoms with Gasteiger partial charge < -0.3 is 154 Å². The second-order valence-corrected chi connectivity index (χ2v) is 17.3. The largest absolute Gasteiger partial charge is 0.457 e. The van der Waals surface area contributed by atoms with Gasteiger partial charge in [0.1, 0.15) is 140 Å². The first-order chi connectivity index (χ1) is 33.2. The van der Waals surface area contributed by atoms with Gasteiger partial charge in [-0.05, 0) is 0 Å². The highest BCUT2D eigenvalue weighted by molar-refractivity contribution is 5.66. The zero-order valence-electron chi connectivity index (χ0n) is 36.9. The average molecular weight is 1030 g/mol. The minimum atomic E-state index is -2.19. The van der Waals surface area contributed by atoms with Crippen LogP contribution in [0, 0.1) is 0 Å². The fraction of sp³-hybridized carbons (Fsp3) is 0.974. The molecular weight excluding hydrogens is 968 g/mol. The van der Waals surface area contributed by atoms with Gasteiger partial charge in [-0.25, -0.2) is 0 Å². The molecule has 0 bridgehead atoms. The molecule has 0 aromatic carbocycles. The van der Waals surface area contributed by atoms with Crippen molar-refractivity contribution in [1.29, 1.82) is 0 Å². The maximum absolute atomic E-state index is 11.5. The van der Waals surface area contributed by atoms with Crippen LogP contribution in [0.25, 0.3) is 0 Å². The molecular formula is C38H64O32. The van der Waals surface area contributed by atoms with Gasteiger partial charge in [-0.3, -0.25) is 4.79 Å². The quantitative estimate of drug-likeness (QED) is 0.0602. The van der Waals surface area contributed by atoms with Crippen LogP contribution in [-0.2, 0) is 61.6 Å². The van der Waals surface area contributed by atoms with Crippen LogP contribution in [0.1, 0.15) is 6.92 Å². The summed E-state index contributed by atoms with van der Waals surface area (Å²) >= 11 is 0. The lowest BCUT2D eigenvalue weighted by Gasteiger charge is -2.49. The number of carbonyl (C=O) groups excluding carboxylic acids is 1. The van der Waals surface area contributed by atoms with Gasteiger partial charge in [0.25, 0.3) is 0 Å². The van der Waals surface area contributed by atoms with Crippen LogP contribution < -0.4 is 0 Å². The Kier molecular flexibility index (Phi) is 20.3. The molecule has 0 aromatic heterocycles. The van der Waals surface area contributed by atoms with E-state index in [1.165, 1.54) is 0 Å². The molecule has 0 amide bonds. The fourth-order valence-electron chi connectivity index (χ4n) is 8.84. The van der Waals surface area contributed by atoms with Crippen LogP contribution >= 0.6 is 0 Å². The number of ether oxygens (including phenoxy) is 12. The molecule has 70 heavy (non-hydrogen) atoms. The summed E-state index contributed by atoms with van der Waals surface area (Å²) in [6.45, 7) is -4.73. The van der Waals surface area contributed by atoms with Gasteiger partial charge in [0.2, 0.25) is 0 Å². The van der Waals surface area contributed by atoms with Crippen molar-refractivity contribution >= 4 is 5.97 Å². The Hall–Kier alpha value is -1.73. The van der Waals surface area contributed by atoms with Gasteiger partial charge in [-0.15, -0.1) is 0 Å². The molecule has 6 aliphatic rings. The van der Waals surface area contributed by atoms with E-state index in [2.05, 4.69) is 0 Å². The summed E-state index contributed by atoms with van der Waals surface area (Å²) in [4.78, 5) is 11.5. The molecule has 0 aromatic rings. The van der Waals surface area contributed by atoms with Crippen molar-refractivity contribution in [3.63, 3.8) is 0 Å². The molecule has 6 rings (SSSR count). The zero-order valence-corrected chi connectivity index (χ0v) is 36.9. The Morgan fingerprint density at radius 3 is 0.743 bits per heavy atom. The van der Waals surface area contributed by atoms with Crippen LogP contribution in [0.3, 0.4) is 0 Å². The SMILES string of the molecule is CC(=O)O[C@H]1[C@H](O)[C@@H](O)[C@@H](O[C@H]2[C@H](O)[C@@H](O)[C@@H](O[C@H]3[C@H](O)[C@@H](O)[C@@H](O[C@H]4[C@H](O)[C@@H](O)[C@@H](O[C@H]5[C@H](O)[C@@H](O)[C@@H](O[C@H]6[C@H](O)[C@@H](O)[C@H](O)O[C@@H]6CO)O[C@@H]5CO)O[C@@H]4CO)O[C@@H]3CO)O[C@@H]2CO)O[C@@H]1CO. The van der Waals surface area contributed by atoms with E-state index in [4.69, 9.17) is 56.8 Å². The molecule has 30 atom stereocenters. The summed E-state index contributed by atoms with van der Waals surface area (Å²) in [6, 6.07) is 0. The van der Waals surface area contributed by atoms with Gasteiger partial charge in [-0.1, -0.05) is 0 Å². The maximum atomic E-state index is 11.5. The third kappa shape index (κ3) is 11.9. The topological polar surface area (TPSA) is 512 Å². The number of rotatable bonds is 17. The molecule has 32 nitrogen and oxygen atoms in total. The van der Waals surface area contributed by atoms with Crippen molar-refractivity contribution in [2.45, 2.75) is 191 Å². The van der Waals surface area contributed by atoms with E-state index in [1.54, 1.807) is 0 Å². The molecule has 0 spiro atoms. The number of aliphatic hydroxyl groups excluding tert-OH is 19. The van der Waals surface area contributed by atoms with Crippen molar-refractivity contribution in [1.82, 2.24) is 0 Å². The molecule has 0 saturated carbocycles. The number of carbonyl (C=O) groups is 1. The summed E-state index contributed by atoms with van der Waals surface area (Å²) in [5.74, 6) is -0.883. The Balaban J connectivity index is 1.07. The fourth-order valence-corrected chi connectivity index (χ4v) is 8.84. The van der Waals surface area contributed by atoms with Crippen LogP contribution in [-0.4, -0.2) is 327 Å². The van der Waals surface area contributed by atoms with Gasteiger partial charge in [0, 0.05) is 6.92 Å². The average Bonchev–Trinajstić information content (AvgIpc) is 3.34. The standard InChI is InChI=1S/C38H64O32/c1-8(45)59-27-10(3-40)61-34(22(53)16(27)47)67-29-12(5-42)63-36(24(55)18(29)49)69-31-14(7-44)65-38(26(57)20(31)51)70-32-13(6-43)64-37(25(56)19(32)50)68-30-11(4-41)62-35(23(54)17(30)48)66-28-9(2-39)60-33(58)21(52)15(28)46/h9-44,46-58H,2-7H2,1H3/t9-,10-,11-,12-,13-,14-,15-,16-,17-,18-,19-,20-,21-,22-,23-,24-,25-,26-,27-,28-,29-,30-,31-,32-,33-,34-,35-,36-,37-,38-/m1/s1. The molecule has 6 fully saturated rings. The van der Waals surface area contributed by atoms with Gasteiger partial charge >= 0.3 is 5.97 Å². The summed E-state index contributed by atoms with van der Waals surface area (Å²) in [5, 5.41) is 201. The predicted molar refractivity (Wildman–Crippen MR) is 209 cm³/mol. The van der Waals surface area contributed by atoms with Gasteiger partial charge in [0.05, 0.1) is 39.6 Å². The van der Waals surface area contributed by atoms with Crippen molar-refractivity contribution < 1.29 is 159 Å². The maximum Gasteiger partial charge on any atom is 0.303 e. The lowest BCUT2D eigenvalue weighted by molar-refractivity contribution is -0.396. The Morgan fingerprint density at radius 2 is 0.514 bits per heavy atom. The summed E-state index contributed by atoms with van der Waals surface area (Å²) < 4.78 is 65.8. The molecule has 6 heterocycles. The number of hydrogen-bond acceptors (Lipinski definition) is 32. The molecule has 6 aliphatic heterocycles. The third-order valence-electron chi connectivity index (χ3n) is 12.7. The van der Waals surface area contributed by atoms with Crippen LogP contribution in [0.4, 0.5) is 0 Å². The molecule has 0 radical (unpaired) electrons. The van der Waals surface area contributed by atoms with Crippen molar-refractivity contribution in [2.75, 3.05) is 39.6 Å². The molecule has 408 valence electrons. The van der Waals surface area contributed by atoms with E-state index < -0.39 is 230 Å². The predicted octanol–water partition coefficient (Wildman–Crippen LogP) is -13.5. The Morgan fingerprint density at radius 1 is 0.314 bits per heavy atom. The summed E-state index contributed by atoms with van der Waals surface area (Å²) in [6.07, 6.45) is -56.7. The van der Waals surface area contributed by atoms with Crippen molar-refractivity contribution in [2.24, 2.45) is 0 Å². The van der Waals surface area contributed by atoms with Crippen LogP contribution in [0.2, 0.25) is 0 Å². The smallest absolute Gasteiger partial charge is 0.303 e. The van der Waals surface area contributed by atoms with E-state index in [0.717, 1.165) is 6.92 Å². The highest BCUT2D eigenvalue weighted by Crippen LogP contribution is 2.37. The normalized spacial score (nSPS) is 51.5. The van der Waals surface area contributed by atoms with E-state index in [1.807, 2.05) is 0 Å². The third-order valence-corrected chi connectivity index (χ3v) is 12.7. The first kappa shape index (κ1) is 57.5.